The van der Waals surface area contributed by atoms with Crippen LogP contribution in [0.5, 0.6) is 0 Å². The van der Waals surface area contributed by atoms with Crippen molar-refractivity contribution in [1.82, 2.24) is 10.3 Å². The van der Waals surface area contributed by atoms with Crippen molar-refractivity contribution in [2.45, 2.75) is 39.2 Å². The first-order valence-electron chi connectivity index (χ1n) is 8.11. The van der Waals surface area contributed by atoms with Crippen LogP contribution in [0, 0.1) is 11.8 Å². The standard InChI is InChI=1S/C18H24N2O3/c1-13-6-5-8-16(14(13)2)20-17(21)12-23-18(22)10-9-15-7-3-4-11-19-15/h3-4,7,9-11,13-14,16H,5-6,8,12H2,1-2H3,(H,20,21)/b10-9+. The molecule has 1 heterocycles. The van der Waals surface area contributed by atoms with Crippen molar-refractivity contribution in [3.05, 3.63) is 36.2 Å². The van der Waals surface area contributed by atoms with Crippen molar-refractivity contribution in [3.63, 3.8) is 0 Å². The Labute approximate surface area is 137 Å². The quantitative estimate of drug-likeness (QED) is 0.669. The third-order valence-electron chi connectivity index (χ3n) is 4.48. The van der Waals surface area contributed by atoms with E-state index in [-0.39, 0.29) is 18.6 Å². The number of nitrogens with one attached hydrogen (secondary N) is 1. The van der Waals surface area contributed by atoms with Crippen LogP contribution < -0.4 is 5.32 Å². The summed E-state index contributed by atoms with van der Waals surface area (Å²) in [5.41, 5.74) is 0.666. The molecule has 0 aliphatic heterocycles. The van der Waals surface area contributed by atoms with Crippen molar-refractivity contribution in [3.8, 4) is 0 Å². The SMILES string of the molecule is CC1CCCC(NC(=O)COC(=O)/C=C/c2ccccn2)C1C. The summed E-state index contributed by atoms with van der Waals surface area (Å²) in [4.78, 5) is 27.6. The number of aromatic nitrogens is 1. The lowest BCUT2D eigenvalue weighted by molar-refractivity contribution is -0.144. The smallest absolute Gasteiger partial charge is 0.331 e. The fraction of sp³-hybridized carbons (Fsp3) is 0.500. The highest BCUT2D eigenvalue weighted by atomic mass is 16.5. The Morgan fingerprint density at radius 1 is 1.35 bits per heavy atom. The molecular weight excluding hydrogens is 292 g/mol. The van der Waals surface area contributed by atoms with Gasteiger partial charge in [-0.1, -0.05) is 32.8 Å². The van der Waals surface area contributed by atoms with Crippen LogP contribution >= 0.6 is 0 Å². The number of carbonyl (C=O) groups is 2. The van der Waals surface area contributed by atoms with Gasteiger partial charge in [-0.05, 0) is 36.5 Å². The maximum Gasteiger partial charge on any atom is 0.331 e. The van der Waals surface area contributed by atoms with Gasteiger partial charge in [0.1, 0.15) is 0 Å². The lowest BCUT2D eigenvalue weighted by Crippen LogP contribution is -2.45. The van der Waals surface area contributed by atoms with E-state index >= 15 is 0 Å². The molecule has 1 saturated carbocycles. The number of carbonyl (C=O) groups excluding carboxylic acids is 2. The molecule has 0 radical (unpaired) electrons. The predicted octanol–water partition coefficient (Wildman–Crippen LogP) is 2.58. The summed E-state index contributed by atoms with van der Waals surface area (Å²) >= 11 is 0. The minimum absolute atomic E-state index is 0.175. The lowest BCUT2D eigenvalue weighted by Gasteiger charge is -2.34. The molecule has 1 N–H and O–H groups in total. The Hall–Kier alpha value is -2.17. The van der Waals surface area contributed by atoms with Gasteiger partial charge in [-0.25, -0.2) is 4.79 Å². The predicted molar refractivity (Wildman–Crippen MR) is 88.3 cm³/mol. The Balaban J connectivity index is 1.73. The van der Waals surface area contributed by atoms with Gasteiger partial charge in [-0.2, -0.15) is 0 Å². The van der Waals surface area contributed by atoms with Crippen molar-refractivity contribution < 1.29 is 14.3 Å². The molecule has 3 unspecified atom stereocenters. The maximum absolute atomic E-state index is 11.9. The topological polar surface area (TPSA) is 68.3 Å². The van der Waals surface area contributed by atoms with Gasteiger partial charge in [0.15, 0.2) is 6.61 Å². The van der Waals surface area contributed by atoms with Gasteiger partial charge in [0.05, 0.1) is 5.69 Å². The number of hydrogen-bond acceptors (Lipinski definition) is 4. The molecule has 0 aromatic carbocycles. The van der Waals surface area contributed by atoms with Gasteiger partial charge in [-0.3, -0.25) is 9.78 Å². The zero-order valence-corrected chi connectivity index (χ0v) is 13.7. The molecule has 1 aromatic heterocycles. The van der Waals surface area contributed by atoms with Crippen molar-refractivity contribution >= 4 is 18.0 Å². The number of amides is 1. The van der Waals surface area contributed by atoms with Crippen LogP contribution in [0.1, 0.15) is 38.8 Å². The Bertz CT molecular complexity index is 557. The van der Waals surface area contributed by atoms with Gasteiger partial charge in [0.2, 0.25) is 0 Å². The van der Waals surface area contributed by atoms with Gasteiger partial charge in [0, 0.05) is 18.3 Å². The average molecular weight is 316 g/mol. The number of hydrogen-bond donors (Lipinski definition) is 1. The molecule has 2 rings (SSSR count). The molecule has 5 heteroatoms. The van der Waals surface area contributed by atoms with Gasteiger partial charge >= 0.3 is 5.97 Å². The third kappa shape index (κ3) is 5.51. The number of pyridine rings is 1. The second-order valence-corrected chi connectivity index (χ2v) is 6.14. The highest BCUT2D eigenvalue weighted by Crippen LogP contribution is 2.29. The molecule has 1 aliphatic carbocycles. The normalized spacial score (nSPS) is 24.3. The van der Waals surface area contributed by atoms with Gasteiger partial charge in [-0.15, -0.1) is 0 Å². The lowest BCUT2D eigenvalue weighted by atomic mass is 9.78. The summed E-state index contributed by atoms with van der Waals surface area (Å²) in [7, 11) is 0. The van der Waals surface area contributed by atoms with E-state index in [1.165, 1.54) is 12.5 Å². The third-order valence-corrected chi connectivity index (χ3v) is 4.48. The molecule has 1 fully saturated rings. The van der Waals surface area contributed by atoms with Crippen molar-refractivity contribution in [1.29, 1.82) is 0 Å². The Morgan fingerprint density at radius 2 is 2.17 bits per heavy atom. The molecule has 1 amide bonds. The summed E-state index contributed by atoms with van der Waals surface area (Å²) in [5, 5.41) is 2.98. The Morgan fingerprint density at radius 3 is 2.91 bits per heavy atom. The number of nitrogens with zero attached hydrogens (tertiary/aromatic N) is 1. The molecule has 1 aliphatic rings. The summed E-state index contributed by atoms with van der Waals surface area (Å²) in [6.07, 6.45) is 7.81. The molecule has 0 saturated heterocycles. The second kappa shape index (κ2) is 8.46. The van der Waals surface area contributed by atoms with E-state index in [0.29, 0.717) is 17.5 Å². The van der Waals surface area contributed by atoms with Gasteiger partial charge in [0.25, 0.3) is 5.91 Å². The molecule has 1 aromatic rings. The first-order valence-corrected chi connectivity index (χ1v) is 8.11. The summed E-state index contributed by atoms with van der Waals surface area (Å²) in [6.45, 7) is 4.13. The van der Waals surface area contributed by atoms with E-state index in [0.717, 1.165) is 12.8 Å². The number of rotatable bonds is 5. The number of esters is 1. The first-order chi connectivity index (χ1) is 11.1. The van der Waals surface area contributed by atoms with Crippen LogP contribution in [-0.4, -0.2) is 29.5 Å². The Kier molecular flexibility index (Phi) is 6.32. The largest absolute Gasteiger partial charge is 0.452 e. The van der Waals surface area contributed by atoms with E-state index in [9.17, 15) is 9.59 Å². The molecule has 124 valence electrons. The van der Waals surface area contributed by atoms with Crippen molar-refractivity contribution in [2.24, 2.45) is 11.8 Å². The van der Waals surface area contributed by atoms with E-state index in [1.807, 2.05) is 6.07 Å². The molecule has 23 heavy (non-hydrogen) atoms. The molecule has 0 spiro atoms. The fourth-order valence-electron chi connectivity index (χ4n) is 2.85. The molecule has 3 atom stereocenters. The van der Waals surface area contributed by atoms with Crippen LogP contribution in [0.15, 0.2) is 30.5 Å². The molecular formula is C18H24N2O3. The fourth-order valence-corrected chi connectivity index (χ4v) is 2.85. The highest BCUT2D eigenvalue weighted by Gasteiger charge is 2.28. The van der Waals surface area contributed by atoms with Crippen LogP contribution in [0.4, 0.5) is 0 Å². The van der Waals surface area contributed by atoms with E-state index < -0.39 is 5.97 Å². The van der Waals surface area contributed by atoms with E-state index in [2.05, 4.69) is 24.1 Å². The minimum Gasteiger partial charge on any atom is -0.452 e. The highest BCUT2D eigenvalue weighted by molar-refractivity contribution is 5.89. The summed E-state index contributed by atoms with van der Waals surface area (Å²) in [5.74, 6) is 0.275. The van der Waals surface area contributed by atoms with Crippen LogP contribution in [0.2, 0.25) is 0 Å². The zero-order valence-electron chi connectivity index (χ0n) is 13.7. The van der Waals surface area contributed by atoms with Crippen LogP contribution in [0.3, 0.4) is 0 Å². The average Bonchev–Trinajstić information content (AvgIpc) is 2.56. The molecule has 5 nitrogen and oxygen atoms in total. The monoisotopic (exact) mass is 316 g/mol. The first kappa shape index (κ1) is 17.2. The summed E-state index contributed by atoms with van der Waals surface area (Å²) in [6, 6.07) is 5.58. The van der Waals surface area contributed by atoms with Crippen molar-refractivity contribution in [2.75, 3.05) is 6.61 Å². The van der Waals surface area contributed by atoms with E-state index in [4.69, 9.17) is 4.74 Å². The summed E-state index contributed by atoms with van der Waals surface area (Å²) < 4.78 is 4.96. The number of ether oxygens (including phenoxy) is 1. The zero-order chi connectivity index (χ0) is 16.7. The maximum atomic E-state index is 11.9. The minimum atomic E-state index is -0.545. The van der Waals surface area contributed by atoms with Crippen LogP contribution in [0.25, 0.3) is 6.08 Å². The second-order valence-electron chi connectivity index (χ2n) is 6.14. The van der Waals surface area contributed by atoms with E-state index in [1.54, 1.807) is 24.4 Å². The van der Waals surface area contributed by atoms with Gasteiger partial charge < -0.3 is 10.1 Å². The van der Waals surface area contributed by atoms with Crippen LogP contribution in [-0.2, 0) is 14.3 Å². The molecule has 0 bridgehead atoms.